The number of nitrogens with zero attached hydrogens (tertiary/aromatic N) is 2. The van der Waals surface area contributed by atoms with Gasteiger partial charge in [-0.3, -0.25) is 34.3 Å². The number of benzene rings is 3. The number of aromatic nitrogens is 2. The highest BCUT2D eigenvalue weighted by molar-refractivity contribution is 5.97. The number of amides is 6. The number of piperidine rings is 1. The van der Waals surface area contributed by atoms with Gasteiger partial charge in [-0.2, -0.15) is 0 Å². The van der Waals surface area contributed by atoms with Crippen molar-refractivity contribution in [1.29, 1.82) is 0 Å². The Hall–Kier alpha value is -7.39. The largest absolute Gasteiger partial charge is 0.493 e. The van der Waals surface area contributed by atoms with Gasteiger partial charge >= 0.3 is 6.09 Å². The number of para-hydroxylation sites is 1. The highest BCUT2D eigenvalue weighted by Crippen LogP contribution is 2.32. The van der Waals surface area contributed by atoms with Gasteiger partial charge in [0.2, 0.25) is 29.5 Å². The maximum absolute atomic E-state index is 15.5. The predicted octanol–water partition coefficient (Wildman–Crippen LogP) is 3.86. The Morgan fingerprint density at radius 1 is 0.720 bits per heavy atom. The van der Waals surface area contributed by atoms with E-state index in [1.54, 1.807) is 18.5 Å². The first kappa shape index (κ1) is 57.8. The van der Waals surface area contributed by atoms with E-state index in [1.165, 1.54) is 17.7 Å². The maximum atomic E-state index is 15.5. The zero-order chi connectivity index (χ0) is 56.8. The van der Waals surface area contributed by atoms with Crippen molar-refractivity contribution >= 4 is 46.5 Å². The van der Waals surface area contributed by atoms with Crippen molar-refractivity contribution in [1.82, 2.24) is 52.1 Å². The van der Waals surface area contributed by atoms with Gasteiger partial charge in [0, 0.05) is 55.4 Å². The monoisotopic (exact) mass is 1120 g/mol. The Kier molecular flexibility index (Phi) is 19.8. The Bertz CT molecular complexity index is 2940. The molecule has 1 aliphatic carbocycles. The smallest absolute Gasteiger partial charge is 0.407 e. The van der Waals surface area contributed by atoms with Crippen LogP contribution in [0.25, 0.3) is 10.9 Å². The Labute approximate surface area is 478 Å². The summed E-state index contributed by atoms with van der Waals surface area (Å²) < 4.78 is 18.5. The minimum atomic E-state index is -1.25. The molecule has 0 radical (unpaired) electrons. The van der Waals surface area contributed by atoms with E-state index in [1.807, 2.05) is 91.1 Å². The van der Waals surface area contributed by atoms with Crippen molar-refractivity contribution in [3.05, 3.63) is 132 Å². The average molecular weight is 1120 g/mol. The molecule has 20 nitrogen and oxygen atoms in total. The second kappa shape index (κ2) is 28.1. The number of carbonyl (C=O) groups is 6. The molecule has 20 heteroatoms. The van der Waals surface area contributed by atoms with E-state index < -0.39 is 90.3 Å². The maximum Gasteiger partial charge on any atom is 0.407 e. The number of H-pyrrole nitrogens is 1. The number of aryl methyl sites for hydroxylation is 2. The summed E-state index contributed by atoms with van der Waals surface area (Å²) in [5.41, 5.74) is 9.92. The van der Waals surface area contributed by atoms with Crippen molar-refractivity contribution in [2.24, 2.45) is 17.6 Å². The van der Waals surface area contributed by atoms with E-state index in [9.17, 15) is 4.79 Å². The number of ether oxygens (including phenoxy) is 3. The average Bonchev–Trinajstić information content (AvgIpc) is 3.99. The molecule has 5 aromatic rings. The molecule has 10 N–H and O–H groups in total. The van der Waals surface area contributed by atoms with E-state index in [0.717, 1.165) is 77.7 Å². The number of fused-ring (bicyclic) bond motifs is 3. The topological polar surface area (TPSA) is 276 Å². The molecule has 2 aromatic heterocycles. The molecule has 6 heterocycles. The summed E-state index contributed by atoms with van der Waals surface area (Å²) in [6.45, 7) is 2.42. The summed E-state index contributed by atoms with van der Waals surface area (Å²) in [6.07, 6.45) is 10.5. The summed E-state index contributed by atoms with van der Waals surface area (Å²) in [5.74, 6) is -1.24. The number of nitrogens with one attached hydrogen (secondary N) is 8. The molecular formula is C62H79N11O9. The first-order valence-electron chi connectivity index (χ1n) is 29.5. The summed E-state index contributed by atoms with van der Waals surface area (Å²) in [6, 6.07) is 22.5. The molecule has 5 aliphatic rings. The molecule has 3 unspecified atom stereocenters. The van der Waals surface area contributed by atoms with Gasteiger partial charge in [-0.15, -0.1) is 0 Å². The number of nitrogens with two attached hydrogens (primary N) is 1. The first-order chi connectivity index (χ1) is 40.0. The lowest BCUT2D eigenvalue weighted by Gasteiger charge is -2.31. The number of carbonyl (C=O) groups excluding carboxylic acids is 6. The Balaban J connectivity index is 1.01. The predicted molar refractivity (Wildman–Crippen MR) is 308 cm³/mol. The van der Waals surface area contributed by atoms with E-state index in [4.69, 9.17) is 19.9 Å². The molecule has 10 rings (SSSR count). The van der Waals surface area contributed by atoms with E-state index in [2.05, 4.69) is 47.2 Å². The van der Waals surface area contributed by atoms with Crippen LogP contribution < -0.4 is 47.7 Å². The quantitative estimate of drug-likeness (QED) is 0.0565. The second-order valence-electron chi connectivity index (χ2n) is 22.8. The number of pyridine rings is 1. The molecule has 9 atom stereocenters. The van der Waals surface area contributed by atoms with E-state index in [-0.39, 0.29) is 57.7 Å². The lowest BCUT2D eigenvalue weighted by Crippen LogP contribution is -2.59. The fourth-order valence-electron chi connectivity index (χ4n) is 12.2. The van der Waals surface area contributed by atoms with Gasteiger partial charge in [-0.25, -0.2) is 4.79 Å². The second-order valence-corrected chi connectivity index (χ2v) is 22.8. The van der Waals surface area contributed by atoms with Crippen LogP contribution in [0.4, 0.5) is 4.79 Å². The molecule has 3 aromatic carbocycles. The van der Waals surface area contributed by atoms with Crippen LogP contribution in [0.1, 0.15) is 86.5 Å². The summed E-state index contributed by atoms with van der Waals surface area (Å²) in [7, 11) is 0. The number of epoxide rings is 1. The van der Waals surface area contributed by atoms with Gasteiger partial charge in [-0.05, 0) is 136 Å². The van der Waals surface area contributed by atoms with Crippen molar-refractivity contribution in [3.8, 4) is 5.75 Å². The van der Waals surface area contributed by atoms with Crippen molar-refractivity contribution < 1.29 is 43.0 Å². The molecule has 6 amide bonds. The van der Waals surface area contributed by atoms with Crippen LogP contribution in [0.2, 0.25) is 0 Å². The molecule has 0 bridgehead atoms. The Morgan fingerprint density at radius 3 is 2.21 bits per heavy atom. The van der Waals surface area contributed by atoms with Gasteiger partial charge in [0.05, 0.1) is 25.2 Å². The lowest BCUT2D eigenvalue weighted by molar-refractivity contribution is -0.142. The van der Waals surface area contributed by atoms with Crippen LogP contribution in [-0.4, -0.2) is 145 Å². The zero-order valence-electron chi connectivity index (χ0n) is 46.5. The third-order valence-corrected chi connectivity index (χ3v) is 16.8. The third-order valence-electron chi connectivity index (χ3n) is 16.8. The summed E-state index contributed by atoms with van der Waals surface area (Å²) >= 11 is 0. The molecule has 0 spiro atoms. The fraction of sp³-hybridized carbons (Fsp3) is 0.500. The van der Waals surface area contributed by atoms with Crippen molar-refractivity contribution in [2.75, 3.05) is 39.3 Å². The minimum absolute atomic E-state index is 0.109. The summed E-state index contributed by atoms with van der Waals surface area (Å²) in [4.78, 5) is 98.2. The molecule has 82 heavy (non-hydrogen) atoms. The lowest BCUT2D eigenvalue weighted by atomic mass is 9.89. The summed E-state index contributed by atoms with van der Waals surface area (Å²) in [5, 5.41) is 23.0. The zero-order valence-corrected chi connectivity index (χ0v) is 46.5. The van der Waals surface area contributed by atoms with Crippen LogP contribution >= 0.6 is 0 Å². The Morgan fingerprint density at radius 2 is 1.43 bits per heavy atom. The highest BCUT2D eigenvalue weighted by Gasteiger charge is 2.50. The molecule has 4 saturated heterocycles. The van der Waals surface area contributed by atoms with E-state index in [0.29, 0.717) is 31.8 Å². The van der Waals surface area contributed by atoms with Crippen LogP contribution in [0.3, 0.4) is 0 Å². The fourth-order valence-corrected chi connectivity index (χ4v) is 12.2. The number of hydrogen-bond donors (Lipinski definition) is 9. The number of alkyl carbamates (subject to hydrolysis) is 1. The van der Waals surface area contributed by atoms with Gasteiger partial charge in [-0.1, -0.05) is 79.6 Å². The van der Waals surface area contributed by atoms with Gasteiger partial charge in [0.1, 0.15) is 48.4 Å². The molecule has 436 valence electrons. The molecular weight excluding hydrogens is 1040 g/mol. The third kappa shape index (κ3) is 15.6. The van der Waals surface area contributed by atoms with Gasteiger partial charge in [0.15, 0.2) is 0 Å². The number of hydrogen-bond acceptors (Lipinski definition) is 13. The number of aromatic amines is 1. The standard InChI is InChI=1S/C62H79N11O9/c63-26-30-66-62(79)81-46-34-54-59(77)68-49(22-18-39-9-2-1-3-10-39)56(74)71-53(33-44-36-67-48-15-7-6-14-47(44)48)58(76)70-51(31-41-24-28-64-29-25-41)55-60(82-55)72-52(32-40-16-20-45(21-17-40)80-38-43-11-4-5-12-43)57(75)69-50(61(78)73(54)37-46)23-19-42-13-8-27-65-35-42/h1-3,6-10,13-17,20-21,27,35-36,41,43,46,49-55,60,64,67,72H,4-5,11-12,18-19,22-26,28-34,37-38,63H2,(H,66,79)(H,68,77)(H,69,75)(H,70,76)(H,71,74)/t46-,49+,50+,51?,52+,53-,54+,55?,60?/m1/s1. The van der Waals surface area contributed by atoms with Crippen LogP contribution in [0.15, 0.2) is 110 Å². The highest BCUT2D eigenvalue weighted by atomic mass is 16.6. The van der Waals surface area contributed by atoms with Crippen molar-refractivity contribution in [2.45, 2.75) is 145 Å². The first-order valence-corrected chi connectivity index (χ1v) is 29.5. The van der Waals surface area contributed by atoms with Gasteiger partial charge in [0.25, 0.3) is 0 Å². The molecule has 5 fully saturated rings. The number of rotatable bonds is 18. The van der Waals surface area contributed by atoms with Gasteiger partial charge < -0.3 is 61.7 Å². The SMILES string of the molecule is NCCNC(=O)O[C@@H]1C[C@H]2C(=O)N[C@@H](CCc3ccccc3)C(=O)N[C@H](Cc3c[nH]c4ccccc34)C(=O)NC(CC3CCNCC3)C3OC3N[C@@H](Cc3ccc(OCC4CCCC4)cc3)C(=O)N[C@@H](CCc3cccnc3)C(=O)N2C1. The van der Waals surface area contributed by atoms with Crippen LogP contribution in [-0.2, 0) is 59.1 Å². The minimum Gasteiger partial charge on any atom is -0.493 e. The normalized spacial score (nSPS) is 26.0. The molecule has 4 aliphatic heterocycles. The van der Waals surface area contributed by atoms with Crippen LogP contribution in [0.5, 0.6) is 5.75 Å². The van der Waals surface area contributed by atoms with E-state index >= 15 is 24.0 Å². The van der Waals surface area contributed by atoms with Crippen LogP contribution in [0, 0.1) is 11.8 Å². The molecule has 1 saturated carbocycles. The van der Waals surface area contributed by atoms with Crippen molar-refractivity contribution in [3.63, 3.8) is 0 Å².